The molecule has 1 aromatic rings. The third-order valence-electron chi connectivity index (χ3n) is 4.98. The van der Waals surface area contributed by atoms with Crippen molar-refractivity contribution in [2.45, 2.75) is 46.5 Å². The lowest BCUT2D eigenvalue weighted by Crippen LogP contribution is -2.40. The first-order chi connectivity index (χ1) is 10.5. The molecule has 3 nitrogen and oxygen atoms in total. The molecule has 0 spiro atoms. The van der Waals surface area contributed by atoms with Crippen molar-refractivity contribution in [3.8, 4) is 5.75 Å². The molecule has 0 heterocycles. The summed E-state index contributed by atoms with van der Waals surface area (Å²) in [5.74, 6) is 2.38. The molecule has 122 valence electrons. The van der Waals surface area contributed by atoms with E-state index in [1.54, 1.807) is 12.1 Å². The number of aromatic hydroxyl groups is 1. The SMILES string of the molecule is CC(C)[C@@H]1CC[C@@H](C)C[C@H]1C(=O)NCCc1cccc(O)c1. The first-order valence-corrected chi connectivity index (χ1v) is 8.53. The zero-order valence-corrected chi connectivity index (χ0v) is 14.0. The summed E-state index contributed by atoms with van der Waals surface area (Å²) in [7, 11) is 0. The predicted octanol–water partition coefficient (Wildman–Crippen LogP) is 3.76. The van der Waals surface area contributed by atoms with Crippen molar-refractivity contribution >= 4 is 5.91 Å². The molecule has 0 aromatic heterocycles. The van der Waals surface area contributed by atoms with Crippen molar-refractivity contribution in [2.24, 2.45) is 23.7 Å². The summed E-state index contributed by atoms with van der Waals surface area (Å²) in [5, 5.41) is 12.6. The molecule has 2 N–H and O–H groups in total. The minimum atomic E-state index is 0.160. The van der Waals surface area contributed by atoms with Gasteiger partial charge >= 0.3 is 0 Å². The first-order valence-electron chi connectivity index (χ1n) is 8.53. The number of carbonyl (C=O) groups is 1. The smallest absolute Gasteiger partial charge is 0.223 e. The van der Waals surface area contributed by atoms with Crippen LogP contribution in [-0.2, 0) is 11.2 Å². The molecular formula is C19H29NO2. The van der Waals surface area contributed by atoms with Gasteiger partial charge in [0.1, 0.15) is 5.75 Å². The van der Waals surface area contributed by atoms with Crippen LogP contribution in [0.4, 0.5) is 0 Å². The molecule has 1 amide bonds. The lowest BCUT2D eigenvalue weighted by Gasteiger charge is -2.36. The molecule has 1 aliphatic carbocycles. The van der Waals surface area contributed by atoms with Crippen LogP contribution in [0.1, 0.15) is 45.6 Å². The van der Waals surface area contributed by atoms with E-state index in [0.29, 0.717) is 24.3 Å². The number of nitrogens with one attached hydrogen (secondary N) is 1. The van der Waals surface area contributed by atoms with Gasteiger partial charge in [0, 0.05) is 12.5 Å². The molecule has 1 aliphatic rings. The van der Waals surface area contributed by atoms with Gasteiger partial charge in [-0.2, -0.15) is 0 Å². The van der Waals surface area contributed by atoms with E-state index in [1.165, 1.54) is 12.8 Å². The van der Waals surface area contributed by atoms with E-state index in [-0.39, 0.29) is 17.6 Å². The Morgan fingerprint density at radius 2 is 2.14 bits per heavy atom. The molecule has 0 radical (unpaired) electrons. The summed E-state index contributed by atoms with van der Waals surface area (Å²) < 4.78 is 0. The Morgan fingerprint density at radius 1 is 1.36 bits per heavy atom. The Bertz CT molecular complexity index is 498. The Balaban J connectivity index is 1.87. The molecule has 3 heteroatoms. The van der Waals surface area contributed by atoms with E-state index in [2.05, 4.69) is 26.1 Å². The van der Waals surface area contributed by atoms with Crippen molar-refractivity contribution in [1.29, 1.82) is 0 Å². The largest absolute Gasteiger partial charge is 0.508 e. The number of phenols is 1. The van der Waals surface area contributed by atoms with Gasteiger partial charge in [-0.3, -0.25) is 4.79 Å². The van der Waals surface area contributed by atoms with Crippen molar-refractivity contribution in [1.82, 2.24) is 5.32 Å². The monoisotopic (exact) mass is 303 g/mol. The highest BCUT2D eigenvalue weighted by Crippen LogP contribution is 2.38. The highest BCUT2D eigenvalue weighted by atomic mass is 16.3. The first kappa shape index (κ1) is 16.9. The second kappa shape index (κ2) is 7.66. The molecule has 0 bridgehead atoms. The van der Waals surface area contributed by atoms with Crippen molar-refractivity contribution in [3.05, 3.63) is 29.8 Å². The summed E-state index contributed by atoms with van der Waals surface area (Å²) in [5.41, 5.74) is 1.05. The fourth-order valence-corrected chi connectivity index (χ4v) is 3.68. The zero-order valence-electron chi connectivity index (χ0n) is 14.0. The number of hydrogen-bond acceptors (Lipinski definition) is 2. The quantitative estimate of drug-likeness (QED) is 0.870. The zero-order chi connectivity index (χ0) is 16.1. The normalized spacial score (nSPS) is 25.2. The molecule has 0 aliphatic heterocycles. The van der Waals surface area contributed by atoms with Crippen molar-refractivity contribution in [2.75, 3.05) is 6.54 Å². The molecule has 0 unspecified atom stereocenters. The number of phenolic OH excluding ortho intramolecular Hbond substituents is 1. The molecule has 1 aromatic carbocycles. The van der Waals surface area contributed by atoms with Crippen molar-refractivity contribution in [3.63, 3.8) is 0 Å². The van der Waals surface area contributed by atoms with Gasteiger partial charge in [-0.25, -0.2) is 0 Å². The van der Waals surface area contributed by atoms with Gasteiger partial charge in [0.15, 0.2) is 0 Å². The standard InChI is InChI=1S/C19H29NO2/c1-13(2)17-8-7-14(3)11-18(17)19(22)20-10-9-15-5-4-6-16(21)12-15/h4-6,12-14,17-18,21H,7-11H2,1-3H3,(H,20,22)/t14-,17+,18-/m1/s1. The summed E-state index contributed by atoms with van der Waals surface area (Å²) >= 11 is 0. The second-order valence-corrected chi connectivity index (χ2v) is 7.14. The third kappa shape index (κ3) is 4.49. The van der Waals surface area contributed by atoms with Crippen LogP contribution in [0, 0.1) is 23.7 Å². The van der Waals surface area contributed by atoms with Crippen LogP contribution in [0.15, 0.2) is 24.3 Å². The van der Waals surface area contributed by atoms with Crippen LogP contribution in [-0.4, -0.2) is 17.6 Å². The maximum atomic E-state index is 12.6. The Hall–Kier alpha value is -1.51. The average Bonchev–Trinajstić information content (AvgIpc) is 2.46. The van der Waals surface area contributed by atoms with Gasteiger partial charge in [0.05, 0.1) is 0 Å². The van der Waals surface area contributed by atoms with Gasteiger partial charge < -0.3 is 10.4 Å². The van der Waals surface area contributed by atoms with E-state index >= 15 is 0 Å². The van der Waals surface area contributed by atoms with Gasteiger partial charge in [0.2, 0.25) is 5.91 Å². The number of amides is 1. The van der Waals surface area contributed by atoms with E-state index in [1.807, 2.05) is 12.1 Å². The van der Waals surface area contributed by atoms with E-state index < -0.39 is 0 Å². The summed E-state index contributed by atoms with van der Waals surface area (Å²) in [6.45, 7) is 7.35. The lowest BCUT2D eigenvalue weighted by atomic mass is 9.70. The summed E-state index contributed by atoms with van der Waals surface area (Å²) in [6, 6.07) is 7.24. The van der Waals surface area contributed by atoms with Crippen LogP contribution in [0.5, 0.6) is 5.75 Å². The second-order valence-electron chi connectivity index (χ2n) is 7.14. The predicted molar refractivity (Wildman–Crippen MR) is 89.7 cm³/mol. The van der Waals surface area contributed by atoms with Gasteiger partial charge in [-0.1, -0.05) is 39.3 Å². The van der Waals surface area contributed by atoms with Crippen LogP contribution in [0.25, 0.3) is 0 Å². The molecule has 0 saturated heterocycles. The number of hydrogen-bond donors (Lipinski definition) is 2. The van der Waals surface area contributed by atoms with Gasteiger partial charge in [-0.05, 0) is 54.7 Å². The minimum Gasteiger partial charge on any atom is -0.508 e. The molecule has 1 saturated carbocycles. The Kier molecular flexibility index (Phi) is 5.87. The summed E-state index contributed by atoms with van der Waals surface area (Å²) in [4.78, 5) is 12.6. The fourth-order valence-electron chi connectivity index (χ4n) is 3.68. The molecule has 2 rings (SSSR count). The highest BCUT2D eigenvalue weighted by Gasteiger charge is 2.35. The number of benzene rings is 1. The van der Waals surface area contributed by atoms with Crippen LogP contribution >= 0.6 is 0 Å². The molecule has 1 fully saturated rings. The fraction of sp³-hybridized carbons (Fsp3) is 0.632. The Morgan fingerprint density at radius 3 is 2.82 bits per heavy atom. The molecule has 3 atom stereocenters. The van der Waals surface area contributed by atoms with Gasteiger partial charge in [0.25, 0.3) is 0 Å². The van der Waals surface area contributed by atoms with E-state index in [4.69, 9.17) is 0 Å². The molecule has 22 heavy (non-hydrogen) atoms. The maximum absolute atomic E-state index is 12.6. The topological polar surface area (TPSA) is 49.3 Å². The van der Waals surface area contributed by atoms with E-state index in [0.717, 1.165) is 18.4 Å². The number of rotatable bonds is 5. The van der Waals surface area contributed by atoms with Crippen LogP contribution in [0.3, 0.4) is 0 Å². The van der Waals surface area contributed by atoms with Crippen LogP contribution < -0.4 is 5.32 Å². The van der Waals surface area contributed by atoms with Crippen LogP contribution in [0.2, 0.25) is 0 Å². The highest BCUT2D eigenvalue weighted by molar-refractivity contribution is 5.79. The Labute approximate surface area is 134 Å². The molecular weight excluding hydrogens is 274 g/mol. The minimum absolute atomic E-state index is 0.160. The van der Waals surface area contributed by atoms with Gasteiger partial charge in [-0.15, -0.1) is 0 Å². The number of carbonyl (C=O) groups excluding carboxylic acids is 1. The van der Waals surface area contributed by atoms with E-state index in [9.17, 15) is 9.90 Å². The van der Waals surface area contributed by atoms with Crippen molar-refractivity contribution < 1.29 is 9.90 Å². The average molecular weight is 303 g/mol. The lowest BCUT2D eigenvalue weighted by molar-refractivity contribution is -0.129. The third-order valence-corrected chi connectivity index (χ3v) is 4.98. The maximum Gasteiger partial charge on any atom is 0.223 e. The summed E-state index contributed by atoms with van der Waals surface area (Å²) in [6.07, 6.45) is 4.19.